The first-order valence-corrected chi connectivity index (χ1v) is 8.65. The van der Waals surface area contributed by atoms with Gasteiger partial charge in [-0.1, -0.05) is 42.5 Å². The first kappa shape index (κ1) is 17.6. The molecule has 2 aromatic carbocycles. The highest BCUT2D eigenvalue weighted by atomic mass is 16.1. The second kappa shape index (κ2) is 8.25. The van der Waals surface area contributed by atoms with E-state index < -0.39 is 0 Å². The van der Waals surface area contributed by atoms with Crippen molar-refractivity contribution in [1.29, 1.82) is 0 Å². The molecule has 5 heteroatoms. The number of rotatable bonds is 6. The van der Waals surface area contributed by atoms with Crippen LogP contribution in [0.3, 0.4) is 0 Å². The second-order valence-electron chi connectivity index (χ2n) is 6.07. The lowest BCUT2D eigenvalue weighted by molar-refractivity contribution is 0.102. The van der Waals surface area contributed by atoms with Gasteiger partial charge in [0.2, 0.25) is 5.95 Å². The van der Waals surface area contributed by atoms with Crippen molar-refractivity contribution in [3.05, 3.63) is 83.7 Å². The molecule has 0 bridgehead atoms. The Morgan fingerprint density at radius 1 is 1.08 bits per heavy atom. The van der Waals surface area contributed by atoms with E-state index in [1.807, 2.05) is 61.2 Å². The van der Waals surface area contributed by atoms with Gasteiger partial charge in [0.25, 0.3) is 5.91 Å². The van der Waals surface area contributed by atoms with Crippen molar-refractivity contribution in [3.8, 4) is 0 Å². The van der Waals surface area contributed by atoms with Crippen LogP contribution in [0.25, 0.3) is 0 Å². The number of hydrogen-bond acceptors (Lipinski definition) is 4. The number of anilines is 2. The van der Waals surface area contributed by atoms with Crippen molar-refractivity contribution in [2.45, 2.75) is 20.4 Å². The van der Waals surface area contributed by atoms with Crippen molar-refractivity contribution in [2.24, 2.45) is 0 Å². The molecule has 0 aliphatic carbocycles. The van der Waals surface area contributed by atoms with Gasteiger partial charge in [-0.2, -0.15) is 0 Å². The molecule has 1 heterocycles. The SMILES string of the molecule is CCN(Cc1ccccc1)c1nccc(C(=O)Nc2cccc(C)c2)n1. The van der Waals surface area contributed by atoms with E-state index in [0.29, 0.717) is 18.2 Å². The quantitative estimate of drug-likeness (QED) is 0.731. The Hall–Kier alpha value is -3.21. The van der Waals surface area contributed by atoms with Crippen LogP contribution in [0, 0.1) is 6.92 Å². The van der Waals surface area contributed by atoms with Gasteiger partial charge >= 0.3 is 0 Å². The molecule has 3 aromatic rings. The van der Waals surface area contributed by atoms with Gasteiger partial charge in [-0.05, 0) is 43.2 Å². The molecule has 1 aromatic heterocycles. The van der Waals surface area contributed by atoms with Crippen LogP contribution in [0.2, 0.25) is 0 Å². The number of amides is 1. The summed E-state index contributed by atoms with van der Waals surface area (Å²) in [5, 5.41) is 2.89. The van der Waals surface area contributed by atoms with Crippen LogP contribution in [0.5, 0.6) is 0 Å². The van der Waals surface area contributed by atoms with Crippen molar-refractivity contribution >= 4 is 17.5 Å². The Balaban J connectivity index is 1.77. The van der Waals surface area contributed by atoms with E-state index in [0.717, 1.165) is 17.8 Å². The summed E-state index contributed by atoms with van der Waals surface area (Å²) in [5.74, 6) is 0.309. The van der Waals surface area contributed by atoms with Crippen LogP contribution < -0.4 is 10.2 Å². The molecule has 0 spiro atoms. The fourth-order valence-electron chi connectivity index (χ4n) is 2.67. The molecule has 5 nitrogen and oxygen atoms in total. The summed E-state index contributed by atoms with van der Waals surface area (Å²) in [6.45, 7) is 5.48. The predicted octanol–water partition coefficient (Wildman–Crippen LogP) is 4.06. The van der Waals surface area contributed by atoms with Crippen molar-refractivity contribution in [2.75, 3.05) is 16.8 Å². The average molecular weight is 346 g/mol. The van der Waals surface area contributed by atoms with E-state index in [1.54, 1.807) is 12.3 Å². The van der Waals surface area contributed by atoms with E-state index >= 15 is 0 Å². The van der Waals surface area contributed by atoms with Gasteiger partial charge in [-0.3, -0.25) is 4.79 Å². The maximum Gasteiger partial charge on any atom is 0.274 e. The van der Waals surface area contributed by atoms with Gasteiger partial charge in [0, 0.05) is 25.0 Å². The molecule has 0 aliphatic heterocycles. The topological polar surface area (TPSA) is 58.1 Å². The normalized spacial score (nSPS) is 10.4. The zero-order valence-electron chi connectivity index (χ0n) is 15.0. The summed E-state index contributed by atoms with van der Waals surface area (Å²) in [7, 11) is 0. The molecule has 0 atom stereocenters. The van der Waals surface area contributed by atoms with Crippen LogP contribution in [-0.2, 0) is 6.54 Å². The highest BCUT2D eigenvalue weighted by Gasteiger charge is 2.13. The standard InChI is InChI=1S/C21H22N4O/c1-3-25(15-17-9-5-4-6-10-17)21-22-13-12-19(24-21)20(26)23-18-11-7-8-16(2)14-18/h4-14H,3,15H2,1-2H3,(H,23,26). The Bertz CT molecular complexity index is 880. The predicted molar refractivity (Wildman–Crippen MR) is 104 cm³/mol. The lowest BCUT2D eigenvalue weighted by atomic mass is 10.2. The molecule has 0 saturated carbocycles. The Labute approximate surface area is 153 Å². The molecular weight excluding hydrogens is 324 g/mol. The number of hydrogen-bond donors (Lipinski definition) is 1. The summed E-state index contributed by atoms with van der Waals surface area (Å²) < 4.78 is 0. The van der Waals surface area contributed by atoms with Gasteiger partial charge in [-0.25, -0.2) is 9.97 Å². The van der Waals surface area contributed by atoms with E-state index in [2.05, 4.69) is 27.4 Å². The Morgan fingerprint density at radius 2 is 1.88 bits per heavy atom. The van der Waals surface area contributed by atoms with E-state index in [4.69, 9.17) is 0 Å². The molecule has 1 N–H and O–H groups in total. The first-order chi connectivity index (χ1) is 12.7. The van der Waals surface area contributed by atoms with Crippen LogP contribution >= 0.6 is 0 Å². The molecule has 0 unspecified atom stereocenters. The number of aryl methyl sites for hydroxylation is 1. The Kier molecular flexibility index (Phi) is 5.59. The highest BCUT2D eigenvalue weighted by molar-refractivity contribution is 6.03. The van der Waals surface area contributed by atoms with Gasteiger partial charge < -0.3 is 10.2 Å². The molecule has 3 rings (SSSR count). The molecule has 132 valence electrons. The lowest BCUT2D eigenvalue weighted by Gasteiger charge is -2.21. The third kappa shape index (κ3) is 4.45. The van der Waals surface area contributed by atoms with Crippen molar-refractivity contribution in [1.82, 2.24) is 9.97 Å². The van der Waals surface area contributed by atoms with Gasteiger partial charge in [0.1, 0.15) is 5.69 Å². The average Bonchev–Trinajstić information content (AvgIpc) is 2.67. The van der Waals surface area contributed by atoms with Gasteiger partial charge in [0.05, 0.1) is 0 Å². The molecule has 0 fully saturated rings. The fraction of sp³-hybridized carbons (Fsp3) is 0.190. The third-order valence-electron chi connectivity index (χ3n) is 4.03. The van der Waals surface area contributed by atoms with E-state index in [-0.39, 0.29) is 5.91 Å². The van der Waals surface area contributed by atoms with Gasteiger partial charge in [0.15, 0.2) is 0 Å². The lowest BCUT2D eigenvalue weighted by Crippen LogP contribution is -2.25. The Morgan fingerprint density at radius 3 is 2.62 bits per heavy atom. The second-order valence-corrected chi connectivity index (χ2v) is 6.07. The molecule has 1 amide bonds. The van der Waals surface area contributed by atoms with Crippen LogP contribution in [-0.4, -0.2) is 22.4 Å². The number of benzene rings is 2. The largest absolute Gasteiger partial charge is 0.337 e. The molecule has 0 radical (unpaired) electrons. The minimum Gasteiger partial charge on any atom is -0.337 e. The number of carbonyl (C=O) groups excluding carboxylic acids is 1. The summed E-state index contributed by atoms with van der Waals surface area (Å²) >= 11 is 0. The summed E-state index contributed by atoms with van der Waals surface area (Å²) in [6.07, 6.45) is 1.63. The minimum absolute atomic E-state index is 0.241. The summed E-state index contributed by atoms with van der Waals surface area (Å²) in [5.41, 5.74) is 3.37. The monoisotopic (exact) mass is 346 g/mol. The number of nitrogens with zero attached hydrogens (tertiary/aromatic N) is 3. The summed E-state index contributed by atoms with van der Waals surface area (Å²) in [6, 6.07) is 19.5. The smallest absolute Gasteiger partial charge is 0.274 e. The number of nitrogens with one attached hydrogen (secondary N) is 1. The maximum atomic E-state index is 12.5. The molecule has 26 heavy (non-hydrogen) atoms. The fourth-order valence-corrected chi connectivity index (χ4v) is 2.67. The van der Waals surface area contributed by atoms with E-state index in [1.165, 1.54) is 5.56 Å². The zero-order chi connectivity index (χ0) is 18.4. The first-order valence-electron chi connectivity index (χ1n) is 8.65. The zero-order valence-corrected chi connectivity index (χ0v) is 15.0. The van der Waals surface area contributed by atoms with Crippen LogP contribution in [0.1, 0.15) is 28.5 Å². The maximum absolute atomic E-state index is 12.5. The van der Waals surface area contributed by atoms with Gasteiger partial charge in [-0.15, -0.1) is 0 Å². The van der Waals surface area contributed by atoms with E-state index in [9.17, 15) is 4.79 Å². The molecule has 0 saturated heterocycles. The summed E-state index contributed by atoms with van der Waals surface area (Å²) in [4.78, 5) is 23.4. The minimum atomic E-state index is -0.241. The molecule has 0 aliphatic rings. The van der Waals surface area contributed by atoms with Crippen molar-refractivity contribution < 1.29 is 4.79 Å². The number of aromatic nitrogens is 2. The van der Waals surface area contributed by atoms with Crippen LogP contribution in [0.15, 0.2) is 66.9 Å². The van der Waals surface area contributed by atoms with Crippen molar-refractivity contribution in [3.63, 3.8) is 0 Å². The molecular formula is C21H22N4O. The van der Waals surface area contributed by atoms with Crippen LogP contribution in [0.4, 0.5) is 11.6 Å². The number of carbonyl (C=O) groups is 1. The third-order valence-corrected chi connectivity index (χ3v) is 4.03. The highest BCUT2D eigenvalue weighted by Crippen LogP contribution is 2.14.